The fourth-order valence-electron chi connectivity index (χ4n) is 4.58. The van der Waals surface area contributed by atoms with Crippen LogP contribution in [-0.2, 0) is 11.3 Å². The number of aliphatic hydroxyl groups is 2. The van der Waals surface area contributed by atoms with E-state index < -0.39 is 11.7 Å². The fraction of sp³-hybridized carbons (Fsp3) is 0.333. The van der Waals surface area contributed by atoms with Gasteiger partial charge in [0.05, 0.1) is 6.04 Å². The highest BCUT2D eigenvalue weighted by atomic mass is 35.5. The van der Waals surface area contributed by atoms with E-state index in [1.165, 1.54) is 12.5 Å². The van der Waals surface area contributed by atoms with E-state index in [2.05, 4.69) is 22.3 Å². The third-order valence-electron chi connectivity index (χ3n) is 6.30. The molecule has 0 bridgehead atoms. The average molecular weight is 496 g/mol. The number of hydrogen-bond acceptors (Lipinski definition) is 6. The predicted molar refractivity (Wildman–Crippen MR) is 136 cm³/mol. The number of nitrogens with zero attached hydrogens (tertiary/aromatic N) is 2. The number of aliphatic hydroxyl groups excluding tert-OH is 2. The number of benzene rings is 2. The minimum Gasteiger partial charge on any atom is -0.504 e. The minimum absolute atomic E-state index is 0.113. The predicted octanol–water partition coefficient (Wildman–Crippen LogP) is 5.51. The van der Waals surface area contributed by atoms with Crippen molar-refractivity contribution < 1.29 is 19.3 Å². The SMILES string of the molecule is O=C(NCc1cccc(OCl)c1)/C1=C(O)/C(O)=C\CCC(C(c2ccccc2)N2CCCCC2)=N1. The van der Waals surface area contributed by atoms with Crippen molar-refractivity contribution in [1.29, 1.82) is 0 Å². The number of carbonyl (C=O) groups is 1. The molecule has 1 fully saturated rings. The first-order chi connectivity index (χ1) is 17.1. The van der Waals surface area contributed by atoms with Crippen LogP contribution in [0.2, 0.25) is 0 Å². The highest BCUT2D eigenvalue weighted by Gasteiger charge is 2.29. The molecular formula is C27H30ClN3O4. The summed E-state index contributed by atoms with van der Waals surface area (Å²) in [6.07, 6.45) is 6.02. The van der Waals surface area contributed by atoms with E-state index in [-0.39, 0.29) is 24.0 Å². The lowest BCUT2D eigenvalue weighted by Crippen LogP contribution is -2.38. The van der Waals surface area contributed by atoms with Gasteiger partial charge in [0.2, 0.25) is 0 Å². The molecule has 2 aromatic rings. The van der Waals surface area contributed by atoms with Gasteiger partial charge in [-0.05, 0) is 68.1 Å². The van der Waals surface area contributed by atoms with Gasteiger partial charge in [0.25, 0.3) is 5.91 Å². The highest BCUT2D eigenvalue weighted by molar-refractivity contribution is 6.09. The van der Waals surface area contributed by atoms with Crippen molar-refractivity contribution in [2.24, 2.45) is 4.99 Å². The van der Waals surface area contributed by atoms with Gasteiger partial charge in [0.15, 0.2) is 17.2 Å². The zero-order chi connectivity index (χ0) is 24.6. The molecule has 35 heavy (non-hydrogen) atoms. The van der Waals surface area contributed by atoms with Gasteiger partial charge in [-0.25, -0.2) is 4.99 Å². The van der Waals surface area contributed by atoms with Crippen LogP contribution in [0.5, 0.6) is 5.75 Å². The number of amides is 1. The van der Waals surface area contributed by atoms with E-state index in [0.717, 1.165) is 42.8 Å². The second kappa shape index (κ2) is 11.9. The second-order valence-corrected chi connectivity index (χ2v) is 8.90. The van der Waals surface area contributed by atoms with Crippen LogP contribution in [0, 0.1) is 0 Å². The molecule has 2 aliphatic rings. The van der Waals surface area contributed by atoms with Crippen LogP contribution in [0.15, 0.2) is 82.9 Å². The van der Waals surface area contributed by atoms with Crippen molar-refractivity contribution in [1.82, 2.24) is 10.2 Å². The first-order valence-electron chi connectivity index (χ1n) is 11.9. The van der Waals surface area contributed by atoms with Crippen LogP contribution in [0.25, 0.3) is 0 Å². The maximum Gasteiger partial charge on any atom is 0.274 e. The Bertz CT molecular complexity index is 1120. The summed E-state index contributed by atoms with van der Waals surface area (Å²) in [6, 6.07) is 17.0. The Balaban J connectivity index is 1.66. The summed E-state index contributed by atoms with van der Waals surface area (Å²) >= 11 is 5.43. The Labute approximate surface area is 210 Å². The molecule has 1 unspecified atom stereocenters. The molecule has 0 aromatic heterocycles. The molecule has 0 spiro atoms. The largest absolute Gasteiger partial charge is 0.504 e. The van der Waals surface area contributed by atoms with Gasteiger partial charge in [0, 0.05) is 12.3 Å². The van der Waals surface area contributed by atoms with E-state index in [9.17, 15) is 15.0 Å². The number of allylic oxidation sites excluding steroid dienone is 1. The summed E-state index contributed by atoms with van der Waals surface area (Å²) in [5, 5.41) is 23.8. The van der Waals surface area contributed by atoms with Crippen molar-refractivity contribution in [3.05, 3.63) is 89.0 Å². The molecule has 0 radical (unpaired) electrons. The molecular weight excluding hydrogens is 466 g/mol. The number of likely N-dealkylation sites (tertiary alicyclic amines) is 1. The summed E-state index contributed by atoms with van der Waals surface area (Å²) in [4.78, 5) is 20.3. The van der Waals surface area contributed by atoms with Crippen LogP contribution in [0.4, 0.5) is 0 Å². The maximum absolute atomic E-state index is 13.2. The van der Waals surface area contributed by atoms with Gasteiger partial charge in [-0.1, -0.05) is 48.9 Å². The normalized spacial score (nSPS) is 21.6. The molecule has 4 rings (SSSR count). The summed E-state index contributed by atoms with van der Waals surface area (Å²) < 4.78 is 4.72. The van der Waals surface area contributed by atoms with E-state index in [1.54, 1.807) is 18.2 Å². The highest BCUT2D eigenvalue weighted by Crippen LogP contribution is 2.30. The Kier molecular flexibility index (Phi) is 8.45. The van der Waals surface area contributed by atoms with Crippen LogP contribution < -0.4 is 9.61 Å². The first kappa shape index (κ1) is 24.8. The lowest BCUT2D eigenvalue weighted by molar-refractivity contribution is -0.117. The molecule has 1 amide bonds. The smallest absolute Gasteiger partial charge is 0.274 e. The van der Waals surface area contributed by atoms with Crippen molar-refractivity contribution in [3.63, 3.8) is 0 Å². The summed E-state index contributed by atoms with van der Waals surface area (Å²) in [5.74, 6) is -0.989. The third kappa shape index (κ3) is 6.24. The topological polar surface area (TPSA) is 94.4 Å². The molecule has 1 saturated heterocycles. The zero-order valence-corrected chi connectivity index (χ0v) is 20.2. The molecule has 8 heteroatoms. The number of aliphatic imine (C=N–C) groups is 1. The van der Waals surface area contributed by atoms with Crippen molar-refractivity contribution in [2.45, 2.75) is 44.7 Å². The van der Waals surface area contributed by atoms with E-state index >= 15 is 0 Å². The minimum atomic E-state index is -0.579. The van der Waals surface area contributed by atoms with Crippen LogP contribution in [0.3, 0.4) is 0 Å². The van der Waals surface area contributed by atoms with Crippen LogP contribution in [-0.4, -0.2) is 39.8 Å². The number of halogens is 1. The third-order valence-corrected chi connectivity index (χ3v) is 6.48. The Hall–Kier alpha value is -3.29. The molecule has 0 saturated carbocycles. The number of piperidine rings is 1. The van der Waals surface area contributed by atoms with Crippen LogP contribution >= 0.6 is 11.9 Å². The lowest BCUT2D eigenvalue weighted by Gasteiger charge is -2.36. The van der Waals surface area contributed by atoms with Crippen molar-refractivity contribution in [3.8, 4) is 5.75 Å². The molecule has 2 aromatic carbocycles. The first-order valence-corrected chi connectivity index (χ1v) is 12.2. The summed E-state index contributed by atoms with van der Waals surface area (Å²) in [7, 11) is 0. The fourth-order valence-corrected chi connectivity index (χ4v) is 4.67. The van der Waals surface area contributed by atoms with E-state index in [1.807, 2.05) is 24.3 Å². The number of carbonyl (C=O) groups excluding carboxylic acids is 1. The average Bonchev–Trinajstić information content (AvgIpc) is 2.90. The zero-order valence-electron chi connectivity index (χ0n) is 19.5. The quantitative estimate of drug-likeness (QED) is 0.471. The monoisotopic (exact) mass is 495 g/mol. The summed E-state index contributed by atoms with van der Waals surface area (Å²) in [6.45, 7) is 2.05. The molecule has 1 atom stereocenters. The molecule has 184 valence electrons. The van der Waals surface area contributed by atoms with Gasteiger partial charge in [0.1, 0.15) is 17.6 Å². The molecule has 3 N–H and O–H groups in total. The van der Waals surface area contributed by atoms with Gasteiger partial charge < -0.3 is 19.8 Å². The van der Waals surface area contributed by atoms with Crippen molar-refractivity contribution in [2.75, 3.05) is 13.1 Å². The van der Waals surface area contributed by atoms with Crippen LogP contribution in [0.1, 0.15) is 49.3 Å². The second-order valence-electron chi connectivity index (χ2n) is 8.75. The Morgan fingerprint density at radius 2 is 1.86 bits per heavy atom. The van der Waals surface area contributed by atoms with Gasteiger partial charge in [-0.15, -0.1) is 0 Å². The Morgan fingerprint density at radius 3 is 2.60 bits per heavy atom. The number of hydrogen-bond donors (Lipinski definition) is 3. The molecule has 7 nitrogen and oxygen atoms in total. The molecule has 0 aliphatic carbocycles. The van der Waals surface area contributed by atoms with Gasteiger partial charge in [-0.2, -0.15) is 0 Å². The lowest BCUT2D eigenvalue weighted by atomic mass is 9.94. The molecule has 2 aliphatic heterocycles. The van der Waals surface area contributed by atoms with Crippen molar-refractivity contribution >= 4 is 23.5 Å². The molecule has 2 heterocycles. The maximum atomic E-state index is 13.2. The number of nitrogens with one attached hydrogen (secondary N) is 1. The number of rotatable bonds is 7. The van der Waals surface area contributed by atoms with Gasteiger partial charge in [-0.3, -0.25) is 9.69 Å². The van der Waals surface area contributed by atoms with Gasteiger partial charge >= 0.3 is 0 Å². The summed E-state index contributed by atoms with van der Waals surface area (Å²) in [5.41, 5.74) is 2.45. The standard InChI is InChI=1S/C27H30ClN3O4/c28-35-21-12-7-9-19(17-21)18-29-27(34)24-26(33)23(32)14-8-13-22(30-24)25(20-10-3-1-4-11-20)31-15-5-2-6-16-31/h1,3-4,7,9-12,14,17,25,32-33H,2,5-6,8,13,15-16,18H2,(H,29,34)/b23-14+,26-24+,30-22?. The van der Waals surface area contributed by atoms with E-state index in [4.69, 9.17) is 21.1 Å². The van der Waals surface area contributed by atoms with E-state index in [0.29, 0.717) is 18.6 Å². The Morgan fingerprint density at radius 1 is 1.09 bits per heavy atom.